The van der Waals surface area contributed by atoms with Crippen molar-refractivity contribution < 1.29 is 14.7 Å². The minimum Gasteiger partial charge on any atom is -0.380 e. The quantitative estimate of drug-likeness (QED) is 0.874. The lowest BCUT2D eigenvalue weighted by Crippen LogP contribution is -2.53. The molecule has 2 amide bonds. The number of rotatable bonds is 4. The second-order valence-corrected chi connectivity index (χ2v) is 5.84. The number of amides is 2. The van der Waals surface area contributed by atoms with E-state index in [0.717, 1.165) is 5.56 Å². The Morgan fingerprint density at radius 1 is 1.33 bits per heavy atom. The Morgan fingerprint density at radius 3 is 2.57 bits per heavy atom. The van der Waals surface area contributed by atoms with Crippen LogP contribution >= 0.6 is 11.6 Å². The summed E-state index contributed by atoms with van der Waals surface area (Å²) >= 11 is 5.90. The fraction of sp³-hybridized carbons (Fsp3) is 0.467. The molecule has 3 N–H and O–H groups in total. The minimum absolute atomic E-state index is 0.0153. The Labute approximate surface area is 128 Å². The van der Waals surface area contributed by atoms with Crippen LogP contribution in [0.5, 0.6) is 0 Å². The van der Waals surface area contributed by atoms with Crippen molar-refractivity contribution >= 4 is 23.4 Å². The number of carbonyl (C=O) groups excluding carboxylic acids is 2. The highest BCUT2D eigenvalue weighted by molar-refractivity contribution is 6.30. The van der Waals surface area contributed by atoms with E-state index in [1.54, 1.807) is 11.0 Å². The first kappa shape index (κ1) is 15.8. The number of nitrogens with two attached hydrogens (primary N) is 1. The summed E-state index contributed by atoms with van der Waals surface area (Å²) in [5, 5.41) is 10.6. The SMILES string of the molecule is NC(=O)C1(O)CCN(C(=O)CCc2cccc(Cl)c2)CC1. The lowest BCUT2D eigenvalue weighted by Gasteiger charge is -2.36. The molecule has 0 aromatic heterocycles. The fourth-order valence-electron chi connectivity index (χ4n) is 2.47. The molecule has 0 aliphatic carbocycles. The Morgan fingerprint density at radius 2 is 2.00 bits per heavy atom. The number of nitrogens with zero attached hydrogens (tertiary/aromatic N) is 1. The van der Waals surface area contributed by atoms with Crippen molar-refractivity contribution in [3.05, 3.63) is 34.9 Å². The molecule has 1 fully saturated rings. The number of hydrogen-bond donors (Lipinski definition) is 2. The number of halogens is 1. The van der Waals surface area contributed by atoms with Crippen LogP contribution in [0.4, 0.5) is 0 Å². The molecule has 21 heavy (non-hydrogen) atoms. The summed E-state index contributed by atoms with van der Waals surface area (Å²) < 4.78 is 0. The van der Waals surface area contributed by atoms with Crippen LogP contribution < -0.4 is 5.73 Å². The highest BCUT2D eigenvalue weighted by Gasteiger charge is 2.38. The van der Waals surface area contributed by atoms with Crippen molar-refractivity contribution in [2.75, 3.05) is 13.1 Å². The van der Waals surface area contributed by atoms with Gasteiger partial charge >= 0.3 is 0 Å². The van der Waals surface area contributed by atoms with E-state index in [9.17, 15) is 14.7 Å². The highest BCUT2D eigenvalue weighted by Crippen LogP contribution is 2.22. The highest BCUT2D eigenvalue weighted by atomic mass is 35.5. The number of aliphatic hydroxyl groups is 1. The van der Waals surface area contributed by atoms with E-state index in [-0.39, 0.29) is 18.7 Å². The van der Waals surface area contributed by atoms with Crippen LogP contribution in [0.2, 0.25) is 5.02 Å². The predicted molar refractivity (Wildman–Crippen MR) is 79.7 cm³/mol. The molecule has 1 aromatic rings. The molecule has 1 heterocycles. The van der Waals surface area contributed by atoms with E-state index in [4.69, 9.17) is 17.3 Å². The number of hydrogen-bond acceptors (Lipinski definition) is 3. The zero-order valence-corrected chi connectivity index (χ0v) is 12.5. The third kappa shape index (κ3) is 3.95. The molecule has 6 heteroatoms. The van der Waals surface area contributed by atoms with Crippen molar-refractivity contribution in [2.24, 2.45) is 5.73 Å². The van der Waals surface area contributed by atoms with Crippen molar-refractivity contribution in [2.45, 2.75) is 31.3 Å². The average Bonchev–Trinajstić information content (AvgIpc) is 2.45. The summed E-state index contributed by atoms with van der Waals surface area (Å²) in [5.74, 6) is -0.699. The van der Waals surface area contributed by atoms with Crippen molar-refractivity contribution in [1.29, 1.82) is 0 Å². The molecule has 1 aromatic carbocycles. The third-order valence-electron chi connectivity index (χ3n) is 3.92. The molecule has 0 atom stereocenters. The van der Waals surface area contributed by atoms with Gasteiger partial charge in [0.05, 0.1) is 0 Å². The van der Waals surface area contributed by atoms with Crippen LogP contribution in [0.25, 0.3) is 0 Å². The van der Waals surface area contributed by atoms with Gasteiger partial charge < -0.3 is 15.7 Å². The lowest BCUT2D eigenvalue weighted by atomic mass is 9.90. The van der Waals surface area contributed by atoms with Gasteiger partial charge in [-0.1, -0.05) is 23.7 Å². The maximum absolute atomic E-state index is 12.1. The van der Waals surface area contributed by atoms with Crippen LogP contribution in [0.15, 0.2) is 24.3 Å². The number of benzene rings is 1. The van der Waals surface area contributed by atoms with Crippen molar-refractivity contribution in [1.82, 2.24) is 4.90 Å². The van der Waals surface area contributed by atoms with Crippen LogP contribution in [-0.2, 0) is 16.0 Å². The van der Waals surface area contributed by atoms with Gasteiger partial charge in [0.1, 0.15) is 5.60 Å². The van der Waals surface area contributed by atoms with Gasteiger partial charge in [0.15, 0.2) is 0 Å². The maximum Gasteiger partial charge on any atom is 0.249 e. The summed E-state index contributed by atoms with van der Waals surface area (Å²) in [6.45, 7) is 0.710. The zero-order valence-electron chi connectivity index (χ0n) is 11.7. The zero-order chi connectivity index (χ0) is 15.5. The topological polar surface area (TPSA) is 83.6 Å². The largest absolute Gasteiger partial charge is 0.380 e. The summed E-state index contributed by atoms with van der Waals surface area (Å²) in [5.41, 5.74) is 4.71. The monoisotopic (exact) mass is 310 g/mol. The maximum atomic E-state index is 12.1. The van der Waals surface area contributed by atoms with E-state index in [2.05, 4.69) is 0 Å². The van der Waals surface area contributed by atoms with Crippen LogP contribution in [0.1, 0.15) is 24.8 Å². The van der Waals surface area contributed by atoms with Gasteiger partial charge in [0, 0.05) is 37.4 Å². The third-order valence-corrected chi connectivity index (χ3v) is 4.15. The van der Waals surface area contributed by atoms with E-state index in [1.165, 1.54) is 0 Å². The Hall–Kier alpha value is -1.59. The summed E-state index contributed by atoms with van der Waals surface area (Å²) in [6.07, 6.45) is 1.40. The molecule has 0 unspecified atom stereocenters. The Balaban J connectivity index is 1.84. The van der Waals surface area contributed by atoms with Crippen LogP contribution in [0, 0.1) is 0 Å². The number of aryl methyl sites for hydroxylation is 1. The van der Waals surface area contributed by atoms with Crippen molar-refractivity contribution in [3.63, 3.8) is 0 Å². The van der Waals surface area contributed by atoms with Gasteiger partial charge in [-0.05, 0) is 24.1 Å². The lowest BCUT2D eigenvalue weighted by molar-refractivity contribution is -0.146. The summed E-state index contributed by atoms with van der Waals surface area (Å²) in [7, 11) is 0. The van der Waals surface area contributed by atoms with Crippen LogP contribution in [0.3, 0.4) is 0 Å². The molecule has 2 rings (SSSR count). The van der Waals surface area contributed by atoms with E-state index < -0.39 is 11.5 Å². The molecule has 0 spiro atoms. The van der Waals surface area contributed by atoms with Gasteiger partial charge in [0.2, 0.25) is 11.8 Å². The first-order chi connectivity index (χ1) is 9.90. The molecule has 114 valence electrons. The predicted octanol–water partition coefficient (Wildman–Crippen LogP) is 1.11. The molecular formula is C15H19ClN2O3. The second-order valence-electron chi connectivity index (χ2n) is 5.41. The van der Waals surface area contributed by atoms with E-state index >= 15 is 0 Å². The molecule has 1 saturated heterocycles. The van der Waals surface area contributed by atoms with Gasteiger partial charge in [-0.3, -0.25) is 9.59 Å². The summed E-state index contributed by atoms with van der Waals surface area (Å²) in [6, 6.07) is 7.43. The van der Waals surface area contributed by atoms with E-state index in [1.807, 2.05) is 18.2 Å². The normalized spacial score (nSPS) is 17.5. The number of primary amides is 1. The molecular weight excluding hydrogens is 292 g/mol. The molecule has 0 bridgehead atoms. The number of piperidine rings is 1. The van der Waals surface area contributed by atoms with Gasteiger partial charge in [-0.25, -0.2) is 0 Å². The first-order valence-electron chi connectivity index (χ1n) is 6.95. The molecule has 0 saturated carbocycles. The molecule has 1 aliphatic heterocycles. The van der Waals surface area contributed by atoms with Gasteiger partial charge in [-0.2, -0.15) is 0 Å². The first-order valence-corrected chi connectivity index (χ1v) is 7.33. The fourth-order valence-corrected chi connectivity index (χ4v) is 2.69. The molecule has 1 aliphatic rings. The summed E-state index contributed by atoms with van der Waals surface area (Å²) in [4.78, 5) is 25.0. The van der Waals surface area contributed by atoms with Gasteiger partial charge in [-0.15, -0.1) is 0 Å². The van der Waals surface area contributed by atoms with Gasteiger partial charge in [0.25, 0.3) is 0 Å². The Bertz CT molecular complexity index is 539. The number of carbonyl (C=O) groups is 2. The van der Waals surface area contributed by atoms with E-state index in [0.29, 0.717) is 31.0 Å². The van der Waals surface area contributed by atoms with Crippen molar-refractivity contribution in [3.8, 4) is 0 Å². The number of likely N-dealkylation sites (tertiary alicyclic amines) is 1. The standard InChI is InChI=1S/C15H19ClN2O3/c16-12-3-1-2-11(10-12)4-5-13(19)18-8-6-15(21,7-9-18)14(17)20/h1-3,10,21H,4-9H2,(H2,17,20). The smallest absolute Gasteiger partial charge is 0.249 e. The van der Waals surface area contributed by atoms with Crippen LogP contribution in [-0.4, -0.2) is 40.5 Å². The Kier molecular flexibility index (Phi) is 4.85. The second kappa shape index (κ2) is 6.45. The average molecular weight is 311 g/mol. The molecule has 5 nitrogen and oxygen atoms in total. The molecule has 0 radical (unpaired) electrons. The minimum atomic E-state index is -1.47.